The van der Waals surface area contributed by atoms with Gasteiger partial charge in [-0.1, -0.05) is 200 Å². The monoisotopic (exact) mass is 737 g/mol. The van der Waals surface area contributed by atoms with E-state index in [1.165, 1.54) is 77.9 Å². The maximum atomic E-state index is 2.37. The summed E-state index contributed by atoms with van der Waals surface area (Å²) in [5, 5.41) is 0. The Balaban J connectivity index is 1.05. The predicted molar refractivity (Wildman–Crippen MR) is 244 cm³/mol. The van der Waals surface area contributed by atoms with Gasteiger partial charge in [0.2, 0.25) is 0 Å². The lowest BCUT2D eigenvalue weighted by atomic mass is 9.66. The second-order valence-electron chi connectivity index (χ2n) is 15.2. The normalized spacial score (nSPS) is 12.9. The van der Waals surface area contributed by atoms with Crippen LogP contribution in [-0.2, 0) is 5.41 Å². The average molecular weight is 738 g/mol. The second kappa shape index (κ2) is 13.9. The molecule has 1 heteroatoms. The van der Waals surface area contributed by atoms with Gasteiger partial charge < -0.3 is 4.90 Å². The first kappa shape index (κ1) is 33.8. The van der Waals surface area contributed by atoms with Crippen molar-refractivity contribution in [2.24, 2.45) is 0 Å². The molecule has 9 aromatic rings. The third kappa shape index (κ3) is 5.39. The van der Waals surface area contributed by atoms with Crippen molar-refractivity contribution in [3.63, 3.8) is 0 Å². The van der Waals surface area contributed by atoms with E-state index in [9.17, 15) is 0 Å². The summed E-state index contributed by atoms with van der Waals surface area (Å²) >= 11 is 0. The Bertz CT molecular complexity index is 2830. The smallest absolute Gasteiger partial charge is 0.0725 e. The topological polar surface area (TPSA) is 3.24 Å². The molecule has 0 saturated carbocycles. The fraction of sp³-hybridized carbons (Fsp3) is 0.0175. The lowest BCUT2D eigenvalue weighted by Gasteiger charge is -2.35. The number of anilines is 3. The van der Waals surface area contributed by atoms with Gasteiger partial charge in [-0.3, -0.25) is 0 Å². The molecule has 1 nitrogen and oxygen atoms in total. The Labute approximate surface area is 340 Å². The Hall–Kier alpha value is -7.48. The molecule has 0 radical (unpaired) electrons. The molecule has 0 fully saturated rings. The van der Waals surface area contributed by atoms with E-state index in [1.54, 1.807) is 0 Å². The molecule has 272 valence electrons. The van der Waals surface area contributed by atoms with Crippen molar-refractivity contribution in [3.8, 4) is 44.5 Å². The summed E-state index contributed by atoms with van der Waals surface area (Å²) in [6.45, 7) is 0. The highest BCUT2D eigenvalue weighted by Crippen LogP contribution is 2.60. The van der Waals surface area contributed by atoms with Crippen molar-refractivity contribution >= 4 is 29.2 Å². The standard InChI is InChI=1S/C57H39N/c1-3-14-40(15-4-1)42-28-34-47(35-29-42)58(48-36-30-43(31-37-48)41-16-5-2-6-17-41)49-38-32-44(33-39-49)50-21-13-25-55-56(50)51-20-9-12-24-54(51)57(55)52-22-10-7-18-45(52)26-27-46-19-8-11-23-53(46)57/h1-39H. The van der Waals surface area contributed by atoms with Crippen LogP contribution in [0.3, 0.4) is 0 Å². The van der Waals surface area contributed by atoms with Crippen molar-refractivity contribution in [2.45, 2.75) is 5.41 Å². The zero-order valence-corrected chi connectivity index (χ0v) is 32.0. The van der Waals surface area contributed by atoms with E-state index in [0.29, 0.717) is 0 Å². The minimum Gasteiger partial charge on any atom is -0.311 e. The van der Waals surface area contributed by atoms with E-state index in [-0.39, 0.29) is 0 Å². The number of hydrogen-bond acceptors (Lipinski definition) is 1. The minimum absolute atomic E-state index is 0.451. The van der Waals surface area contributed by atoms with Crippen molar-refractivity contribution < 1.29 is 0 Å². The van der Waals surface area contributed by atoms with E-state index in [2.05, 4.69) is 242 Å². The summed E-state index contributed by atoms with van der Waals surface area (Å²) in [7, 11) is 0. The van der Waals surface area contributed by atoms with Gasteiger partial charge >= 0.3 is 0 Å². The quantitative estimate of drug-likeness (QED) is 0.164. The first-order valence-electron chi connectivity index (χ1n) is 20.1. The molecule has 0 heterocycles. The number of hydrogen-bond donors (Lipinski definition) is 0. The molecule has 2 aliphatic rings. The summed E-state index contributed by atoms with van der Waals surface area (Å²) in [6.07, 6.45) is 4.59. The first-order valence-corrected chi connectivity index (χ1v) is 20.1. The van der Waals surface area contributed by atoms with Gasteiger partial charge in [-0.15, -0.1) is 0 Å². The highest BCUT2D eigenvalue weighted by Gasteiger charge is 2.49. The van der Waals surface area contributed by atoms with Crippen LogP contribution < -0.4 is 4.90 Å². The van der Waals surface area contributed by atoms with Crippen LogP contribution in [-0.4, -0.2) is 0 Å². The molecule has 11 rings (SSSR count). The molecule has 58 heavy (non-hydrogen) atoms. The fourth-order valence-electron chi connectivity index (χ4n) is 9.55. The maximum Gasteiger partial charge on any atom is 0.0725 e. The van der Waals surface area contributed by atoms with Crippen LogP contribution in [0.2, 0.25) is 0 Å². The average Bonchev–Trinajstić information content (AvgIpc) is 3.52. The third-order valence-corrected chi connectivity index (χ3v) is 12.1. The molecule has 2 aliphatic carbocycles. The van der Waals surface area contributed by atoms with Gasteiger partial charge in [0.05, 0.1) is 5.41 Å². The Morgan fingerprint density at radius 2 is 0.638 bits per heavy atom. The van der Waals surface area contributed by atoms with E-state index >= 15 is 0 Å². The summed E-state index contributed by atoms with van der Waals surface area (Å²) in [5.41, 5.74) is 20.5. The summed E-state index contributed by atoms with van der Waals surface area (Å²) in [6, 6.07) is 82.1. The largest absolute Gasteiger partial charge is 0.311 e. The summed E-state index contributed by atoms with van der Waals surface area (Å²) in [5.74, 6) is 0. The van der Waals surface area contributed by atoms with Crippen LogP contribution in [0.15, 0.2) is 224 Å². The molecule has 0 unspecified atom stereocenters. The van der Waals surface area contributed by atoms with Crippen LogP contribution in [0.25, 0.3) is 56.7 Å². The molecule has 0 aliphatic heterocycles. The Morgan fingerprint density at radius 3 is 1.16 bits per heavy atom. The minimum atomic E-state index is -0.451. The molecule has 0 saturated heterocycles. The number of rotatable bonds is 6. The number of nitrogens with zero attached hydrogens (tertiary/aromatic N) is 1. The molecule has 0 amide bonds. The highest BCUT2D eigenvalue weighted by molar-refractivity contribution is 5.98. The van der Waals surface area contributed by atoms with Crippen molar-refractivity contribution in [2.75, 3.05) is 4.90 Å². The van der Waals surface area contributed by atoms with Gasteiger partial charge in [0.25, 0.3) is 0 Å². The third-order valence-electron chi connectivity index (χ3n) is 12.1. The molecular formula is C57H39N. The molecule has 0 bridgehead atoms. The van der Waals surface area contributed by atoms with Gasteiger partial charge in [-0.25, -0.2) is 0 Å². The summed E-state index contributed by atoms with van der Waals surface area (Å²) in [4.78, 5) is 2.36. The molecular weight excluding hydrogens is 699 g/mol. The lowest BCUT2D eigenvalue weighted by Crippen LogP contribution is -2.29. The van der Waals surface area contributed by atoms with E-state index in [1.807, 2.05) is 0 Å². The van der Waals surface area contributed by atoms with Gasteiger partial charge in [0.1, 0.15) is 0 Å². The van der Waals surface area contributed by atoms with Gasteiger partial charge in [-0.2, -0.15) is 0 Å². The molecule has 0 N–H and O–H groups in total. The highest BCUT2D eigenvalue weighted by atomic mass is 15.1. The molecule has 9 aromatic carbocycles. The predicted octanol–water partition coefficient (Wildman–Crippen LogP) is 15.0. The van der Waals surface area contributed by atoms with Crippen LogP contribution in [0.1, 0.15) is 33.4 Å². The maximum absolute atomic E-state index is 2.37. The van der Waals surface area contributed by atoms with Crippen molar-refractivity contribution in [1.82, 2.24) is 0 Å². The van der Waals surface area contributed by atoms with Gasteiger partial charge in [-0.05, 0) is 114 Å². The van der Waals surface area contributed by atoms with E-state index in [0.717, 1.165) is 17.1 Å². The van der Waals surface area contributed by atoms with Crippen molar-refractivity contribution in [1.29, 1.82) is 0 Å². The zero-order valence-electron chi connectivity index (χ0n) is 32.0. The SMILES string of the molecule is C1=Cc2ccccc2C2(c3ccccc31)c1ccccc1-c1c(-c3ccc(N(c4ccc(-c5ccccc5)cc4)c4ccc(-c5ccccc5)cc4)cc3)cccc12. The molecule has 1 spiro atoms. The molecule has 0 aromatic heterocycles. The number of fused-ring (bicyclic) bond motifs is 9. The van der Waals surface area contributed by atoms with Gasteiger partial charge in [0, 0.05) is 17.1 Å². The van der Waals surface area contributed by atoms with E-state index in [4.69, 9.17) is 0 Å². The van der Waals surface area contributed by atoms with Crippen LogP contribution >= 0.6 is 0 Å². The van der Waals surface area contributed by atoms with Crippen LogP contribution in [0.5, 0.6) is 0 Å². The lowest BCUT2D eigenvalue weighted by molar-refractivity contribution is 0.766. The Morgan fingerprint density at radius 1 is 0.259 bits per heavy atom. The molecule has 0 atom stereocenters. The van der Waals surface area contributed by atoms with E-state index < -0.39 is 5.41 Å². The number of benzene rings is 9. The van der Waals surface area contributed by atoms with Crippen molar-refractivity contribution in [3.05, 3.63) is 258 Å². The zero-order chi connectivity index (χ0) is 38.5. The van der Waals surface area contributed by atoms with Crippen LogP contribution in [0.4, 0.5) is 17.1 Å². The summed E-state index contributed by atoms with van der Waals surface area (Å²) < 4.78 is 0. The van der Waals surface area contributed by atoms with Gasteiger partial charge in [0.15, 0.2) is 0 Å². The fourth-order valence-corrected chi connectivity index (χ4v) is 9.55. The first-order chi connectivity index (χ1) is 28.8. The second-order valence-corrected chi connectivity index (χ2v) is 15.2. The Kier molecular flexibility index (Phi) is 8.12. The van der Waals surface area contributed by atoms with Crippen LogP contribution in [0, 0.1) is 0 Å².